The Bertz CT molecular complexity index is 278. The molecule has 90 valence electrons. The minimum absolute atomic E-state index is 0.120. The molecule has 8 heteroatoms. The van der Waals surface area contributed by atoms with Crippen LogP contribution in [0.1, 0.15) is 19.8 Å². The Hall–Kier alpha value is -0.860. The summed E-state index contributed by atoms with van der Waals surface area (Å²) in [6.45, 7) is 2.45. The van der Waals surface area contributed by atoms with Crippen LogP contribution in [0.25, 0.3) is 0 Å². The van der Waals surface area contributed by atoms with Crippen LogP contribution >= 0.6 is 0 Å². The molecule has 0 saturated carbocycles. The summed E-state index contributed by atoms with van der Waals surface area (Å²) >= 11 is 0. The molecule has 0 aliphatic carbocycles. The number of hydrogen-bond acceptors (Lipinski definition) is 5. The fourth-order valence-corrected chi connectivity index (χ4v) is 1.55. The Morgan fingerprint density at radius 2 is 2.07 bits per heavy atom. The van der Waals surface area contributed by atoms with Gasteiger partial charge in [-0.3, -0.25) is 0 Å². The second kappa shape index (κ2) is 7.43. The van der Waals surface area contributed by atoms with Crippen molar-refractivity contribution in [3.05, 3.63) is 0 Å². The lowest BCUT2D eigenvalue weighted by Crippen LogP contribution is -2.40. The molecule has 0 spiro atoms. The number of unbranched alkanes of at least 4 members (excludes halogenated alkanes) is 1. The summed E-state index contributed by atoms with van der Waals surface area (Å²) in [4.78, 5) is 10.8. The van der Waals surface area contributed by atoms with Crippen molar-refractivity contribution in [2.75, 3.05) is 19.7 Å². The maximum Gasteiger partial charge on any atom is 0.421 e. The Balaban J connectivity index is 3.82. The topological polar surface area (TPSA) is 111 Å². The summed E-state index contributed by atoms with van der Waals surface area (Å²) in [6.07, 6.45) is 0.367. The Morgan fingerprint density at radius 3 is 2.60 bits per heavy atom. The minimum atomic E-state index is -3.80. The van der Waals surface area contributed by atoms with E-state index in [0.29, 0.717) is 13.0 Å². The van der Waals surface area contributed by atoms with Gasteiger partial charge in [-0.15, -0.1) is 0 Å². The van der Waals surface area contributed by atoms with Crippen LogP contribution in [0.4, 0.5) is 4.79 Å². The van der Waals surface area contributed by atoms with E-state index in [9.17, 15) is 13.2 Å². The fraction of sp³-hybridized carbons (Fsp3) is 0.857. The van der Waals surface area contributed by atoms with Crippen molar-refractivity contribution in [1.29, 1.82) is 0 Å². The number of nitrogens with one attached hydrogen (secondary N) is 2. The highest BCUT2D eigenvalue weighted by Gasteiger charge is 2.13. The molecule has 0 aliphatic rings. The molecule has 0 bridgehead atoms. The number of carbonyl (C=O) groups excluding carboxylic acids is 1. The molecule has 0 heterocycles. The molecule has 0 aromatic heterocycles. The first-order valence-corrected chi connectivity index (χ1v) is 6.14. The molecule has 0 saturated heterocycles. The van der Waals surface area contributed by atoms with Crippen molar-refractivity contribution in [3.63, 3.8) is 0 Å². The van der Waals surface area contributed by atoms with Gasteiger partial charge < -0.3 is 10.5 Å². The molecular formula is C7H17N3O4S. The molecule has 4 N–H and O–H groups in total. The van der Waals surface area contributed by atoms with Crippen molar-refractivity contribution in [2.24, 2.45) is 5.73 Å². The molecule has 0 fully saturated rings. The predicted octanol–water partition coefficient (Wildman–Crippen LogP) is -0.694. The summed E-state index contributed by atoms with van der Waals surface area (Å²) in [6, 6.07) is 0. The van der Waals surface area contributed by atoms with Crippen molar-refractivity contribution in [2.45, 2.75) is 19.8 Å². The van der Waals surface area contributed by atoms with Gasteiger partial charge in [0, 0.05) is 6.54 Å². The van der Waals surface area contributed by atoms with Crippen molar-refractivity contribution in [3.8, 4) is 0 Å². The zero-order valence-corrected chi connectivity index (χ0v) is 9.47. The van der Waals surface area contributed by atoms with Crippen LogP contribution in [0, 0.1) is 0 Å². The Morgan fingerprint density at radius 1 is 1.40 bits per heavy atom. The zero-order valence-electron chi connectivity index (χ0n) is 8.65. The lowest BCUT2D eigenvalue weighted by molar-refractivity contribution is 0.158. The van der Waals surface area contributed by atoms with E-state index in [2.05, 4.69) is 9.46 Å². The van der Waals surface area contributed by atoms with E-state index >= 15 is 0 Å². The third kappa shape index (κ3) is 8.16. The van der Waals surface area contributed by atoms with Gasteiger partial charge in [0.1, 0.15) is 0 Å². The highest BCUT2D eigenvalue weighted by atomic mass is 32.2. The number of nitrogens with two attached hydrogens (primary N) is 1. The van der Waals surface area contributed by atoms with Gasteiger partial charge in [0.15, 0.2) is 0 Å². The van der Waals surface area contributed by atoms with Gasteiger partial charge >= 0.3 is 16.3 Å². The van der Waals surface area contributed by atoms with Crippen LogP contribution < -0.4 is 15.2 Å². The third-order valence-electron chi connectivity index (χ3n) is 1.42. The second-order valence-electron chi connectivity index (χ2n) is 2.72. The minimum Gasteiger partial charge on any atom is -0.449 e. The first-order valence-electron chi connectivity index (χ1n) is 4.66. The molecule has 1 amide bonds. The lowest BCUT2D eigenvalue weighted by Gasteiger charge is -2.07. The molecule has 0 aliphatic heterocycles. The molecule has 0 unspecified atom stereocenters. The monoisotopic (exact) mass is 239 g/mol. The maximum atomic E-state index is 11.1. The summed E-state index contributed by atoms with van der Waals surface area (Å²) in [5.74, 6) is 0. The van der Waals surface area contributed by atoms with Crippen molar-refractivity contribution < 1.29 is 17.9 Å². The van der Waals surface area contributed by atoms with Crippen molar-refractivity contribution >= 4 is 16.3 Å². The quantitative estimate of drug-likeness (QED) is 0.509. The largest absolute Gasteiger partial charge is 0.449 e. The molecule has 0 rings (SSSR count). The average Bonchev–Trinajstić information content (AvgIpc) is 2.12. The summed E-state index contributed by atoms with van der Waals surface area (Å²) in [7, 11) is -3.80. The number of ether oxygens (including phenoxy) is 1. The van der Waals surface area contributed by atoms with E-state index in [1.54, 1.807) is 11.6 Å². The van der Waals surface area contributed by atoms with E-state index in [1.807, 2.05) is 0 Å². The molecule has 7 nitrogen and oxygen atoms in total. The van der Waals surface area contributed by atoms with Gasteiger partial charge in [-0.05, 0) is 26.3 Å². The summed E-state index contributed by atoms with van der Waals surface area (Å²) in [5, 5.41) is 0. The fourth-order valence-electron chi connectivity index (χ4n) is 0.782. The van der Waals surface area contributed by atoms with E-state index < -0.39 is 16.3 Å². The van der Waals surface area contributed by atoms with E-state index in [0.717, 1.165) is 6.42 Å². The van der Waals surface area contributed by atoms with Crippen LogP contribution in [-0.4, -0.2) is 34.2 Å². The number of carbonyl (C=O) groups is 1. The normalized spacial score (nSPS) is 11.1. The van der Waals surface area contributed by atoms with Crippen LogP contribution in [0.2, 0.25) is 0 Å². The smallest absolute Gasteiger partial charge is 0.421 e. The van der Waals surface area contributed by atoms with Gasteiger partial charge in [-0.2, -0.15) is 13.1 Å². The summed E-state index contributed by atoms with van der Waals surface area (Å²) in [5.41, 5.74) is 5.23. The van der Waals surface area contributed by atoms with E-state index in [-0.39, 0.29) is 13.2 Å². The summed E-state index contributed by atoms with van der Waals surface area (Å²) < 4.78 is 30.6. The first-order chi connectivity index (χ1) is 7.02. The molecular weight excluding hydrogens is 222 g/mol. The molecule has 15 heavy (non-hydrogen) atoms. The van der Waals surface area contributed by atoms with Gasteiger partial charge in [-0.25, -0.2) is 9.52 Å². The third-order valence-corrected chi connectivity index (χ3v) is 2.44. The SMILES string of the molecule is CCOC(=O)NS(=O)(=O)NCCCCN. The highest BCUT2D eigenvalue weighted by molar-refractivity contribution is 7.88. The molecule has 0 aromatic carbocycles. The molecule has 0 aromatic rings. The van der Waals surface area contributed by atoms with Crippen LogP contribution in [0.3, 0.4) is 0 Å². The van der Waals surface area contributed by atoms with Crippen LogP contribution in [-0.2, 0) is 14.9 Å². The second-order valence-corrected chi connectivity index (χ2v) is 4.22. The molecule has 0 radical (unpaired) electrons. The Kier molecular flexibility index (Phi) is 7.01. The van der Waals surface area contributed by atoms with Gasteiger partial charge in [0.2, 0.25) is 0 Å². The van der Waals surface area contributed by atoms with Gasteiger partial charge in [-0.1, -0.05) is 0 Å². The average molecular weight is 239 g/mol. The van der Waals surface area contributed by atoms with E-state index in [1.165, 1.54) is 0 Å². The van der Waals surface area contributed by atoms with Crippen LogP contribution in [0.5, 0.6) is 0 Å². The number of amides is 1. The maximum absolute atomic E-state index is 11.1. The van der Waals surface area contributed by atoms with Crippen molar-refractivity contribution in [1.82, 2.24) is 9.44 Å². The zero-order chi connectivity index (χ0) is 11.7. The van der Waals surface area contributed by atoms with Gasteiger partial charge in [0.25, 0.3) is 0 Å². The highest BCUT2D eigenvalue weighted by Crippen LogP contribution is 1.86. The number of hydrogen-bond donors (Lipinski definition) is 3. The number of rotatable bonds is 7. The predicted molar refractivity (Wildman–Crippen MR) is 55.4 cm³/mol. The standard InChI is InChI=1S/C7H17N3O4S/c1-2-14-7(11)10-15(12,13)9-6-4-3-5-8/h9H,2-6,8H2,1H3,(H,10,11). The lowest BCUT2D eigenvalue weighted by atomic mass is 10.3. The van der Waals surface area contributed by atoms with E-state index in [4.69, 9.17) is 5.73 Å². The van der Waals surface area contributed by atoms with Gasteiger partial charge in [0.05, 0.1) is 6.61 Å². The first kappa shape index (κ1) is 14.1. The Labute approximate surface area is 89.5 Å². The molecule has 0 atom stereocenters. The van der Waals surface area contributed by atoms with Crippen LogP contribution in [0.15, 0.2) is 0 Å².